The van der Waals surface area contributed by atoms with Crippen LogP contribution in [0.5, 0.6) is 0 Å². The Hall–Kier alpha value is -3.34. The first kappa shape index (κ1) is 14.3. The first-order chi connectivity index (χ1) is 11.7. The number of aromatic nitrogens is 2. The number of amides is 1. The lowest BCUT2D eigenvalue weighted by Gasteiger charge is -2.08. The van der Waals surface area contributed by atoms with Crippen LogP contribution in [-0.2, 0) is 0 Å². The Labute approximate surface area is 138 Å². The fourth-order valence-corrected chi connectivity index (χ4v) is 2.59. The first-order valence-corrected chi connectivity index (χ1v) is 7.61. The number of nitrogens with zero attached hydrogens (tertiary/aromatic N) is 1. The lowest BCUT2D eigenvalue weighted by Crippen LogP contribution is -2.11. The van der Waals surface area contributed by atoms with Crippen molar-refractivity contribution in [1.29, 1.82) is 0 Å². The molecule has 2 heterocycles. The molecule has 2 aromatic heterocycles. The van der Waals surface area contributed by atoms with Gasteiger partial charge in [0.25, 0.3) is 5.91 Å². The van der Waals surface area contributed by atoms with Gasteiger partial charge in [-0.15, -0.1) is 0 Å². The Kier molecular flexibility index (Phi) is 3.39. The number of nitrogens with one attached hydrogen (secondary N) is 2. The highest BCUT2D eigenvalue weighted by Gasteiger charge is 2.12. The second-order valence-electron chi connectivity index (χ2n) is 5.56. The van der Waals surface area contributed by atoms with Gasteiger partial charge in [-0.3, -0.25) is 4.79 Å². The van der Waals surface area contributed by atoms with E-state index in [9.17, 15) is 4.79 Å². The van der Waals surface area contributed by atoms with Gasteiger partial charge in [-0.25, -0.2) is 4.98 Å². The summed E-state index contributed by atoms with van der Waals surface area (Å²) in [5.74, 6) is 0.776. The van der Waals surface area contributed by atoms with Crippen molar-refractivity contribution in [2.75, 3.05) is 5.32 Å². The Balaban J connectivity index is 1.69. The number of carbonyl (C=O) groups excluding carboxylic acids is 1. The van der Waals surface area contributed by atoms with Gasteiger partial charge in [-0.1, -0.05) is 24.3 Å². The lowest BCUT2D eigenvalue weighted by atomic mass is 10.1. The minimum Gasteiger partial charge on any atom is -0.459 e. The molecule has 0 fully saturated rings. The summed E-state index contributed by atoms with van der Waals surface area (Å²) < 4.78 is 5.13. The summed E-state index contributed by atoms with van der Waals surface area (Å²) in [5, 5.41) is 2.88. The maximum absolute atomic E-state index is 12.2. The summed E-state index contributed by atoms with van der Waals surface area (Å²) in [6, 6.07) is 17.0. The van der Waals surface area contributed by atoms with Crippen molar-refractivity contribution >= 4 is 22.6 Å². The zero-order chi connectivity index (χ0) is 16.5. The van der Waals surface area contributed by atoms with Crippen LogP contribution in [0.1, 0.15) is 16.1 Å². The summed E-state index contributed by atoms with van der Waals surface area (Å²) in [6.45, 7) is 1.94. The molecule has 4 rings (SSSR count). The minimum atomic E-state index is -0.273. The molecule has 0 bridgehead atoms. The van der Waals surface area contributed by atoms with Crippen molar-refractivity contribution in [3.63, 3.8) is 0 Å². The number of fused-ring (bicyclic) bond motifs is 1. The minimum absolute atomic E-state index is 0.273. The van der Waals surface area contributed by atoms with Crippen molar-refractivity contribution in [2.24, 2.45) is 0 Å². The molecule has 4 aromatic rings. The Morgan fingerprint density at radius 1 is 1.12 bits per heavy atom. The highest BCUT2D eigenvalue weighted by atomic mass is 16.3. The maximum Gasteiger partial charge on any atom is 0.291 e. The van der Waals surface area contributed by atoms with E-state index in [1.54, 1.807) is 12.1 Å². The molecule has 0 saturated carbocycles. The second-order valence-corrected chi connectivity index (χ2v) is 5.56. The highest BCUT2D eigenvalue weighted by Crippen LogP contribution is 2.26. The Morgan fingerprint density at radius 3 is 2.79 bits per heavy atom. The number of imidazole rings is 1. The standard InChI is InChI=1S/C19H15N3O2/c1-12-8-9-13(18-20-14-5-2-3-6-15(14)21-18)11-16(12)22-19(23)17-7-4-10-24-17/h2-11H,1H3,(H,20,21)(H,22,23). The van der Waals surface area contributed by atoms with Crippen LogP contribution in [0.15, 0.2) is 65.3 Å². The summed E-state index contributed by atoms with van der Waals surface area (Å²) in [7, 11) is 0. The highest BCUT2D eigenvalue weighted by molar-refractivity contribution is 6.03. The summed E-state index contributed by atoms with van der Waals surface area (Å²) in [6.07, 6.45) is 1.48. The van der Waals surface area contributed by atoms with Gasteiger partial charge in [-0.05, 0) is 42.8 Å². The van der Waals surface area contributed by atoms with E-state index in [0.29, 0.717) is 0 Å². The van der Waals surface area contributed by atoms with E-state index >= 15 is 0 Å². The van der Waals surface area contributed by atoms with Crippen LogP contribution >= 0.6 is 0 Å². The maximum atomic E-state index is 12.2. The van der Waals surface area contributed by atoms with Gasteiger partial charge >= 0.3 is 0 Å². The van der Waals surface area contributed by atoms with Crippen LogP contribution in [0, 0.1) is 6.92 Å². The molecule has 0 spiro atoms. The fraction of sp³-hybridized carbons (Fsp3) is 0.0526. The third-order valence-corrected chi connectivity index (χ3v) is 3.89. The smallest absolute Gasteiger partial charge is 0.291 e. The number of benzene rings is 2. The van der Waals surface area contributed by atoms with Gasteiger partial charge < -0.3 is 14.7 Å². The van der Waals surface area contributed by atoms with Crippen LogP contribution in [0.3, 0.4) is 0 Å². The fourth-order valence-electron chi connectivity index (χ4n) is 2.59. The molecule has 2 aromatic carbocycles. The molecule has 0 saturated heterocycles. The first-order valence-electron chi connectivity index (χ1n) is 7.61. The number of para-hydroxylation sites is 2. The second kappa shape index (κ2) is 5.70. The molecule has 0 atom stereocenters. The molecule has 2 N–H and O–H groups in total. The number of hydrogen-bond acceptors (Lipinski definition) is 3. The van der Waals surface area contributed by atoms with E-state index < -0.39 is 0 Å². The van der Waals surface area contributed by atoms with Crippen molar-refractivity contribution in [1.82, 2.24) is 9.97 Å². The van der Waals surface area contributed by atoms with E-state index in [4.69, 9.17) is 4.42 Å². The van der Waals surface area contributed by atoms with Gasteiger partial charge in [0.1, 0.15) is 5.82 Å². The molecular weight excluding hydrogens is 302 g/mol. The predicted molar refractivity (Wildman–Crippen MR) is 92.9 cm³/mol. The zero-order valence-electron chi connectivity index (χ0n) is 13.0. The van der Waals surface area contributed by atoms with Gasteiger partial charge in [0.15, 0.2) is 5.76 Å². The summed E-state index contributed by atoms with van der Waals surface area (Å²) in [4.78, 5) is 20.1. The SMILES string of the molecule is Cc1ccc(-c2nc3ccccc3[nH]2)cc1NC(=O)c1ccco1. The predicted octanol–water partition coefficient (Wildman–Crippen LogP) is 4.38. The van der Waals surface area contributed by atoms with Crippen LogP contribution in [0.25, 0.3) is 22.4 Å². The number of hydrogen-bond donors (Lipinski definition) is 2. The molecule has 0 aliphatic rings. The Morgan fingerprint density at radius 2 is 2.00 bits per heavy atom. The molecule has 0 aliphatic heterocycles. The van der Waals surface area contributed by atoms with Crippen molar-refractivity contribution in [3.8, 4) is 11.4 Å². The van der Waals surface area contributed by atoms with E-state index in [1.165, 1.54) is 6.26 Å². The van der Waals surface area contributed by atoms with Gasteiger partial charge in [-0.2, -0.15) is 0 Å². The van der Waals surface area contributed by atoms with Crippen LogP contribution in [0.2, 0.25) is 0 Å². The van der Waals surface area contributed by atoms with Crippen LogP contribution in [0.4, 0.5) is 5.69 Å². The third-order valence-electron chi connectivity index (χ3n) is 3.89. The number of carbonyl (C=O) groups is 1. The van der Waals surface area contributed by atoms with E-state index in [-0.39, 0.29) is 11.7 Å². The molecule has 0 radical (unpaired) electrons. The summed E-state index contributed by atoms with van der Waals surface area (Å²) >= 11 is 0. The summed E-state index contributed by atoms with van der Waals surface area (Å²) in [5.41, 5.74) is 4.50. The third kappa shape index (κ3) is 2.56. The molecule has 5 heteroatoms. The average Bonchev–Trinajstić information content (AvgIpc) is 3.26. The number of aryl methyl sites for hydroxylation is 1. The van der Waals surface area contributed by atoms with Gasteiger partial charge in [0, 0.05) is 11.3 Å². The number of furan rings is 1. The quantitative estimate of drug-likeness (QED) is 0.589. The molecule has 5 nitrogen and oxygen atoms in total. The molecule has 1 amide bonds. The van der Waals surface area contributed by atoms with E-state index in [2.05, 4.69) is 15.3 Å². The average molecular weight is 317 g/mol. The topological polar surface area (TPSA) is 70.9 Å². The number of anilines is 1. The zero-order valence-corrected chi connectivity index (χ0v) is 13.0. The monoisotopic (exact) mass is 317 g/mol. The largest absolute Gasteiger partial charge is 0.459 e. The van der Waals surface area contributed by atoms with Crippen molar-refractivity contribution < 1.29 is 9.21 Å². The van der Waals surface area contributed by atoms with Crippen LogP contribution < -0.4 is 5.32 Å². The number of rotatable bonds is 3. The van der Waals surface area contributed by atoms with Gasteiger partial charge in [0.2, 0.25) is 0 Å². The van der Waals surface area contributed by atoms with E-state index in [1.807, 2.05) is 49.4 Å². The van der Waals surface area contributed by atoms with E-state index in [0.717, 1.165) is 33.7 Å². The van der Waals surface area contributed by atoms with Crippen molar-refractivity contribution in [3.05, 3.63) is 72.2 Å². The lowest BCUT2D eigenvalue weighted by molar-refractivity contribution is 0.0996. The Bertz CT molecular complexity index is 983. The normalized spacial score (nSPS) is 10.9. The van der Waals surface area contributed by atoms with Crippen LogP contribution in [-0.4, -0.2) is 15.9 Å². The van der Waals surface area contributed by atoms with Gasteiger partial charge in [0.05, 0.1) is 17.3 Å². The number of H-pyrrole nitrogens is 1. The molecule has 24 heavy (non-hydrogen) atoms. The molecule has 0 aliphatic carbocycles. The molecular formula is C19H15N3O2. The molecule has 0 unspecified atom stereocenters. The van der Waals surface area contributed by atoms with Crippen molar-refractivity contribution in [2.45, 2.75) is 6.92 Å². The number of aromatic amines is 1. The molecule has 118 valence electrons.